The Bertz CT molecular complexity index is 1640. The lowest BCUT2D eigenvalue weighted by molar-refractivity contribution is -0.492. The first-order valence-corrected chi connectivity index (χ1v) is 27.4. The minimum Gasteiger partial charge on any atom is -0.469 e. The van der Waals surface area contributed by atoms with Gasteiger partial charge in [0.15, 0.2) is 24.1 Å². The third-order valence-electron chi connectivity index (χ3n) is 11.7. The first-order valence-electron chi connectivity index (χ1n) is 21.1. The monoisotopic (exact) mass is 1120 g/mol. The number of Topliss-reactive ketones (excluding diaryl/α,β-unsaturated/α-hetero) is 3. The molecular formula is C42H59I2NO18. The number of nitro groups is 1. The second-order valence-corrected chi connectivity index (χ2v) is 15.9. The number of carbonyl (C=O) groups is 7. The molecule has 0 bridgehead atoms. The van der Waals surface area contributed by atoms with Crippen molar-refractivity contribution in [3.8, 4) is 0 Å². The number of aldehydes is 1. The topological polar surface area (TPSA) is 268 Å². The Morgan fingerprint density at radius 1 is 0.873 bits per heavy atom. The number of methoxy groups -OCH3 is 2. The number of allylic oxidation sites excluding steroid dienone is 1. The Hall–Kier alpha value is -2.81. The zero-order valence-electron chi connectivity index (χ0n) is 35.7. The van der Waals surface area contributed by atoms with Crippen molar-refractivity contribution < 1.29 is 81.9 Å². The maximum Gasteiger partial charge on any atom is 0.310 e. The lowest BCUT2D eigenvalue weighted by Gasteiger charge is -2.28. The van der Waals surface area contributed by atoms with Gasteiger partial charge in [-0.05, 0) is 62.7 Å². The fraction of sp³-hybridized carbons (Fsp3) is 0.738. The first kappa shape index (κ1) is 54.5. The van der Waals surface area contributed by atoms with Crippen LogP contribution in [0.25, 0.3) is 0 Å². The van der Waals surface area contributed by atoms with Crippen molar-refractivity contribution in [1.82, 2.24) is 0 Å². The van der Waals surface area contributed by atoms with Gasteiger partial charge in [0.1, 0.15) is 18.2 Å². The Kier molecular flexibility index (Phi) is 24.5. The number of halogens is 2. The fourth-order valence-electron chi connectivity index (χ4n) is 8.41. The molecule has 7 aliphatic rings. The van der Waals surface area contributed by atoms with Gasteiger partial charge >= 0.3 is 17.9 Å². The van der Waals surface area contributed by atoms with Crippen molar-refractivity contribution in [3.05, 3.63) is 33.4 Å². The molecule has 0 aromatic heterocycles. The van der Waals surface area contributed by atoms with Crippen molar-refractivity contribution in [3.63, 3.8) is 0 Å². The molecule has 4 aliphatic carbocycles. The molecule has 0 spiro atoms. The second-order valence-electron chi connectivity index (χ2n) is 15.9. The van der Waals surface area contributed by atoms with E-state index in [1.165, 1.54) is 14.2 Å². The van der Waals surface area contributed by atoms with Crippen molar-refractivity contribution in [2.75, 3.05) is 34.0 Å². The number of esters is 3. The number of rotatable bonds is 12. The number of aliphatic hydroxyl groups is 2. The summed E-state index contributed by atoms with van der Waals surface area (Å²) in [5, 5.41) is 29.2. The highest BCUT2D eigenvalue weighted by atomic mass is 128. The van der Waals surface area contributed by atoms with Crippen molar-refractivity contribution in [2.45, 2.75) is 140 Å². The minimum atomic E-state index is -0.716. The van der Waals surface area contributed by atoms with Gasteiger partial charge in [-0.15, -0.1) is 0 Å². The molecule has 2 N–H and O–H groups in total. The highest BCUT2D eigenvalue weighted by molar-refractivity contribution is 15.0. The quantitative estimate of drug-likeness (QED) is 0.0691. The molecule has 11 atom stereocenters. The Morgan fingerprint density at radius 2 is 1.49 bits per heavy atom. The van der Waals surface area contributed by atoms with Gasteiger partial charge in [-0.25, -0.2) is 0 Å². The van der Waals surface area contributed by atoms with Gasteiger partial charge in [0, 0.05) is 104 Å². The van der Waals surface area contributed by atoms with Crippen LogP contribution >= 0.6 is 37.2 Å². The second kappa shape index (κ2) is 28.3. The molecule has 21 heteroatoms. The number of carbonyl (C=O) groups excluding carboxylic acids is 7. The summed E-state index contributed by atoms with van der Waals surface area (Å²) >= 11 is 4.24. The van der Waals surface area contributed by atoms with Crippen LogP contribution < -0.4 is 0 Å². The lowest BCUT2D eigenvalue weighted by atomic mass is 9.91. The van der Waals surface area contributed by atoms with E-state index in [9.17, 15) is 48.8 Å². The molecule has 63 heavy (non-hydrogen) atoms. The number of ketones is 3. The molecule has 0 amide bonds. The third-order valence-corrected chi connectivity index (χ3v) is 11.7. The van der Waals surface area contributed by atoms with Gasteiger partial charge in [-0.1, -0.05) is 6.92 Å². The fourth-order valence-corrected chi connectivity index (χ4v) is 8.41. The van der Waals surface area contributed by atoms with Crippen molar-refractivity contribution in [1.29, 1.82) is 0 Å². The molecule has 5 fully saturated rings. The molecule has 2 saturated carbocycles. The van der Waals surface area contributed by atoms with Crippen LogP contribution in [0.3, 0.4) is 0 Å². The Balaban J connectivity index is 0.000000231. The van der Waals surface area contributed by atoms with E-state index in [1.807, 2.05) is 6.92 Å². The zero-order valence-corrected chi connectivity index (χ0v) is 40.0. The standard InChI is InChI=1S/C14H21NO7.C13H18O5.C8H10O4.C7H10O2.I2/c1-20-13(17)6-9-10(8-15(18)19)12(7-11(9)16)22-14-4-2-3-5-21-14;1-16-12(15)7-9-6-10(8-11(9)14)18-13-4-2-3-5-17-13;9-3-5-4-1-8(11)12-7(4)2-6(5)10;1-2-5-3-6(8)4-7(5)9;1-2/h9-10,12,14H,2-8H2,1H3;6,10,13H,2-5,7-8H2,1H3;3-7,10H,1-2H2;3,6,8H,2,4H2,1H3;/t9-,10-,12-,14?;10-,13?;4-,5-,6-,7+;6-;/m1010./s1. The van der Waals surface area contributed by atoms with E-state index < -0.39 is 65.8 Å². The highest BCUT2D eigenvalue weighted by Crippen LogP contribution is 2.40. The van der Waals surface area contributed by atoms with Crippen LogP contribution in [0.1, 0.15) is 96.8 Å². The Morgan fingerprint density at radius 3 is 2.00 bits per heavy atom. The lowest BCUT2D eigenvalue weighted by Crippen LogP contribution is -2.35. The minimum absolute atomic E-state index is 0.0285. The van der Waals surface area contributed by atoms with E-state index in [0.717, 1.165) is 56.8 Å². The normalized spacial score (nSPS) is 31.8. The maximum absolute atomic E-state index is 12.1. The van der Waals surface area contributed by atoms with Gasteiger partial charge in [-0.3, -0.25) is 38.9 Å². The smallest absolute Gasteiger partial charge is 0.310 e. The van der Waals surface area contributed by atoms with Gasteiger partial charge in [0.25, 0.3) is 0 Å². The van der Waals surface area contributed by atoms with Crippen LogP contribution in [0.5, 0.6) is 0 Å². The number of ether oxygens (including phenoxy) is 7. The van der Waals surface area contributed by atoms with E-state index in [-0.39, 0.29) is 73.4 Å². The molecule has 0 radical (unpaired) electrons. The Labute approximate surface area is 389 Å². The molecule has 3 saturated heterocycles. The first-order chi connectivity index (χ1) is 30.1. The van der Waals surface area contributed by atoms with E-state index in [1.54, 1.807) is 12.2 Å². The predicted octanol–water partition coefficient (Wildman–Crippen LogP) is 4.23. The SMILES string of the molecule is CCC1=C[C@H](O)CC1=O.COC(=O)CC1=C[C@H](OC2CCCCO2)CC1=O.COC(=O)C[C@H]1C(=O)C[C@@H](OC2CCCCO2)[C@@H]1C[N+](=O)[O-].II.O=C[C@@H]1[C@H]2CC(=O)O[C@H]2C[C@H]1O. The number of nitrogens with zero attached hydrogens (tertiary/aromatic N) is 1. The van der Waals surface area contributed by atoms with Gasteiger partial charge < -0.3 is 48.2 Å². The predicted molar refractivity (Wildman–Crippen MR) is 237 cm³/mol. The van der Waals surface area contributed by atoms with E-state index in [4.69, 9.17) is 28.8 Å². The van der Waals surface area contributed by atoms with Crippen LogP contribution in [-0.4, -0.2) is 134 Å². The summed E-state index contributed by atoms with van der Waals surface area (Å²) in [4.78, 5) is 88.9. The van der Waals surface area contributed by atoms with E-state index >= 15 is 0 Å². The zero-order chi connectivity index (χ0) is 46.6. The van der Waals surface area contributed by atoms with Gasteiger partial charge in [-0.2, -0.15) is 0 Å². The summed E-state index contributed by atoms with van der Waals surface area (Å²) in [6, 6.07) is 0. The molecule has 2 unspecified atom stereocenters. The number of aliphatic hydroxyl groups excluding tert-OH is 2. The molecule has 19 nitrogen and oxygen atoms in total. The maximum atomic E-state index is 12.1. The molecule has 7 rings (SSSR count). The van der Waals surface area contributed by atoms with Crippen LogP contribution in [0.15, 0.2) is 23.3 Å². The third kappa shape index (κ3) is 17.5. The van der Waals surface area contributed by atoms with Crippen LogP contribution in [0.4, 0.5) is 0 Å². The summed E-state index contributed by atoms with van der Waals surface area (Å²) in [7, 11) is 2.54. The summed E-state index contributed by atoms with van der Waals surface area (Å²) in [6.07, 6.45) is 8.95. The van der Waals surface area contributed by atoms with Crippen LogP contribution in [-0.2, 0) is 66.7 Å². The molecule has 3 heterocycles. The number of hydrogen-bond acceptors (Lipinski definition) is 18. The summed E-state index contributed by atoms with van der Waals surface area (Å²) in [5.41, 5.74) is 1.27. The van der Waals surface area contributed by atoms with Crippen molar-refractivity contribution >= 4 is 78.8 Å². The van der Waals surface area contributed by atoms with E-state index in [2.05, 4.69) is 46.7 Å². The molecule has 3 aliphatic heterocycles. The van der Waals surface area contributed by atoms with Gasteiger partial charge in [0.2, 0.25) is 6.54 Å². The van der Waals surface area contributed by atoms with E-state index in [0.29, 0.717) is 38.0 Å². The van der Waals surface area contributed by atoms with Crippen LogP contribution in [0, 0.1) is 33.8 Å². The summed E-state index contributed by atoms with van der Waals surface area (Å²) in [5.74, 6) is -3.12. The van der Waals surface area contributed by atoms with Crippen molar-refractivity contribution in [2.24, 2.45) is 23.7 Å². The summed E-state index contributed by atoms with van der Waals surface area (Å²) in [6.45, 7) is 2.83. The highest BCUT2D eigenvalue weighted by Gasteiger charge is 2.50. The number of hydrogen-bond donors (Lipinski definition) is 2. The molecule has 354 valence electrons. The number of fused-ring (bicyclic) bond motifs is 1. The average Bonchev–Trinajstić information content (AvgIpc) is 4.05. The van der Waals surface area contributed by atoms with Crippen LogP contribution in [0.2, 0.25) is 0 Å². The largest absolute Gasteiger partial charge is 0.469 e. The average molecular weight is 1120 g/mol. The summed E-state index contributed by atoms with van der Waals surface area (Å²) < 4.78 is 36.5. The molecule has 0 aromatic rings. The van der Waals surface area contributed by atoms with Gasteiger partial charge in [0.05, 0.1) is 63.8 Å². The molecule has 0 aromatic carbocycles. The molecular weight excluding hydrogens is 1060 g/mol.